The van der Waals surface area contributed by atoms with Crippen molar-refractivity contribution in [2.75, 3.05) is 31.1 Å². The Morgan fingerprint density at radius 2 is 1.81 bits per heavy atom. The van der Waals surface area contributed by atoms with Crippen LogP contribution in [0.4, 0.5) is 5.82 Å². The van der Waals surface area contributed by atoms with Crippen LogP contribution in [0.5, 0.6) is 0 Å². The van der Waals surface area contributed by atoms with Gasteiger partial charge in [-0.15, -0.1) is 0 Å². The van der Waals surface area contributed by atoms with Crippen molar-refractivity contribution in [3.05, 3.63) is 42.6 Å². The Balaban J connectivity index is 1.51. The minimum Gasteiger partial charge on any atom is -0.360 e. The van der Waals surface area contributed by atoms with Gasteiger partial charge >= 0.3 is 0 Å². The van der Waals surface area contributed by atoms with Gasteiger partial charge in [0.15, 0.2) is 5.76 Å². The molecule has 142 valence electrons. The number of sulfonamides is 1. The highest BCUT2D eigenvalue weighted by Gasteiger charge is 2.33. The van der Waals surface area contributed by atoms with Crippen molar-refractivity contribution in [3.8, 4) is 5.82 Å². The number of aromatic nitrogens is 5. The van der Waals surface area contributed by atoms with Crippen LogP contribution in [0.1, 0.15) is 11.5 Å². The SMILES string of the molecule is Cc1noc(C)c1S(=O)(=O)N1CCN(c2cc(-n3ccnc3)ncn2)CC1. The van der Waals surface area contributed by atoms with E-state index < -0.39 is 10.0 Å². The van der Waals surface area contributed by atoms with Crippen LogP contribution in [0.2, 0.25) is 0 Å². The molecular formula is C16H19N7O3S. The number of imidazole rings is 1. The first-order valence-electron chi connectivity index (χ1n) is 8.45. The quantitative estimate of drug-likeness (QED) is 0.644. The number of nitrogens with zero attached hydrogens (tertiary/aromatic N) is 7. The molecule has 11 heteroatoms. The number of aryl methyl sites for hydroxylation is 2. The lowest BCUT2D eigenvalue weighted by molar-refractivity contribution is 0.377. The third kappa shape index (κ3) is 3.19. The molecule has 0 aliphatic carbocycles. The first-order valence-corrected chi connectivity index (χ1v) is 9.89. The van der Waals surface area contributed by atoms with Gasteiger partial charge in [-0.2, -0.15) is 4.31 Å². The fourth-order valence-corrected chi connectivity index (χ4v) is 4.89. The van der Waals surface area contributed by atoms with Gasteiger partial charge in [0.05, 0.1) is 0 Å². The van der Waals surface area contributed by atoms with E-state index in [0.29, 0.717) is 43.5 Å². The number of hydrogen-bond acceptors (Lipinski definition) is 8. The molecule has 3 aromatic rings. The van der Waals surface area contributed by atoms with E-state index in [1.165, 1.54) is 10.6 Å². The van der Waals surface area contributed by atoms with Gasteiger partial charge in [0.25, 0.3) is 0 Å². The van der Waals surface area contributed by atoms with E-state index in [1.807, 2.05) is 11.0 Å². The van der Waals surface area contributed by atoms with E-state index in [1.54, 1.807) is 37.1 Å². The molecule has 0 radical (unpaired) electrons. The van der Waals surface area contributed by atoms with Crippen molar-refractivity contribution in [1.29, 1.82) is 0 Å². The highest BCUT2D eigenvalue weighted by molar-refractivity contribution is 7.89. The van der Waals surface area contributed by atoms with Crippen LogP contribution in [0.15, 0.2) is 40.5 Å². The van der Waals surface area contributed by atoms with Gasteiger partial charge in [-0.25, -0.2) is 23.4 Å². The molecule has 0 spiro atoms. The zero-order valence-corrected chi connectivity index (χ0v) is 15.8. The van der Waals surface area contributed by atoms with Crippen molar-refractivity contribution in [3.63, 3.8) is 0 Å². The summed E-state index contributed by atoms with van der Waals surface area (Å²) in [4.78, 5) is 14.8. The zero-order valence-electron chi connectivity index (χ0n) is 15.0. The molecule has 1 saturated heterocycles. The van der Waals surface area contributed by atoms with Gasteiger partial charge in [0, 0.05) is 44.6 Å². The van der Waals surface area contributed by atoms with Crippen molar-refractivity contribution < 1.29 is 12.9 Å². The summed E-state index contributed by atoms with van der Waals surface area (Å²) in [5, 5.41) is 3.76. The lowest BCUT2D eigenvalue weighted by Gasteiger charge is -2.34. The summed E-state index contributed by atoms with van der Waals surface area (Å²) in [6.45, 7) is 5.03. The first-order chi connectivity index (χ1) is 13.0. The summed E-state index contributed by atoms with van der Waals surface area (Å²) < 4.78 is 34.1. The maximum atomic E-state index is 12.9. The summed E-state index contributed by atoms with van der Waals surface area (Å²) in [5.41, 5.74) is 0.385. The lowest BCUT2D eigenvalue weighted by atomic mass is 10.3. The van der Waals surface area contributed by atoms with Crippen molar-refractivity contribution in [2.24, 2.45) is 0 Å². The third-order valence-electron chi connectivity index (χ3n) is 4.54. The Hall–Kier alpha value is -2.79. The Kier molecular flexibility index (Phi) is 4.40. The molecule has 0 amide bonds. The Labute approximate surface area is 156 Å². The summed E-state index contributed by atoms with van der Waals surface area (Å²) in [5.74, 6) is 1.78. The van der Waals surface area contributed by atoms with Crippen LogP contribution >= 0.6 is 0 Å². The predicted octanol–water partition coefficient (Wildman–Crippen LogP) is 0.778. The maximum Gasteiger partial charge on any atom is 0.248 e. The molecule has 10 nitrogen and oxygen atoms in total. The fourth-order valence-electron chi connectivity index (χ4n) is 3.18. The van der Waals surface area contributed by atoms with Crippen LogP contribution in [0, 0.1) is 13.8 Å². The van der Waals surface area contributed by atoms with E-state index >= 15 is 0 Å². The Bertz CT molecular complexity index is 1020. The highest BCUT2D eigenvalue weighted by Crippen LogP contribution is 2.25. The van der Waals surface area contributed by atoms with Crippen molar-refractivity contribution in [2.45, 2.75) is 18.7 Å². The monoisotopic (exact) mass is 389 g/mol. The average molecular weight is 389 g/mol. The van der Waals surface area contributed by atoms with Crippen molar-refractivity contribution in [1.82, 2.24) is 29.0 Å². The minimum absolute atomic E-state index is 0.167. The van der Waals surface area contributed by atoms with Gasteiger partial charge in [0.1, 0.15) is 34.9 Å². The molecule has 0 N–H and O–H groups in total. The molecule has 27 heavy (non-hydrogen) atoms. The third-order valence-corrected chi connectivity index (χ3v) is 6.68. The standard InChI is InChI=1S/C16H19N7O3S/c1-12-16(13(2)26-20-12)27(24,25)23-7-5-21(6-8-23)14-9-15(19-10-18-14)22-4-3-17-11-22/h3-4,9-11H,5-8H2,1-2H3. The lowest BCUT2D eigenvalue weighted by Crippen LogP contribution is -2.49. The highest BCUT2D eigenvalue weighted by atomic mass is 32.2. The van der Waals surface area contributed by atoms with E-state index in [4.69, 9.17) is 4.52 Å². The number of rotatable bonds is 4. The molecule has 0 atom stereocenters. The number of piperazine rings is 1. The predicted molar refractivity (Wildman–Crippen MR) is 96.1 cm³/mol. The molecule has 4 rings (SSSR count). The van der Waals surface area contributed by atoms with Crippen LogP contribution < -0.4 is 4.90 Å². The second kappa shape index (κ2) is 6.74. The molecule has 0 unspecified atom stereocenters. The first kappa shape index (κ1) is 17.6. The largest absolute Gasteiger partial charge is 0.360 e. The second-order valence-corrected chi connectivity index (χ2v) is 8.12. The summed E-state index contributed by atoms with van der Waals surface area (Å²) in [7, 11) is -3.62. The normalized spacial score (nSPS) is 16.0. The zero-order chi connectivity index (χ0) is 19.0. The minimum atomic E-state index is -3.62. The summed E-state index contributed by atoms with van der Waals surface area (Å²) >= 11 is 0. The van der Waals surface area contributed by atoms with Gasteiger partial charge < -0.3 is 9.42 Å². The van der Waals surface area contributed by atoms with Crippen LogP contribution in [-0.2, 0) is 10.0 Å². The molecule has 3 aromatic heterocycles. The molecular weight excluding hydrogens is 370 g/mol. The number of hydrogen-bond donors (Lipinski definition) is 0. The van der Waals surface area contributed by atoms with Gasteiger partial charge in [-0.1, -0.05) is 5.16 Å². The van der Waals surface area contributed by atoms with Crippen LogP contribution in [0.3, 0.4) is 0 Å². The van der Waals surface area contributed by atoms with Gasteiger partial charge in [-0.3, -0.25) is 4.57 Å². The average Bonchev–Trinajstić information content (AvgIpc) is 3.32. The Morgan fingerprint density at radius 3 is 2.44 bits per heavy atom. The fraction of sp³-hybridized carbons (Fsp3) is 0.375. The van der Waals surface area contributed by atoms with Crippen molar-refractivity contribution >= 4 is 15.8 Å². The molecule has 0 bridgehead atoms. The van der Waals surface area contributed by atoms with E-state index in [9.17, 15) is 8.42 Å². The molecule has 1 fully saturated rings. The smallest absolute Gasteiger partial charge is 0.248 e. The van der Waals surface area contributed by atoms with Crippen LogP contribution in [-0.4, -0.2) is 63.6 Å². The van der Waals surface area contributed by atoms with Crippen LogP contribution in [0.25, 0.3) is 5.82 Å². The molecule has 0 aromatic carbocycles. The topological polar surface area (TPSA) is 110 Å². The number of anilines is 1. The van der Waals surface area contributed by atoms with E-state index in [0.717, 1.165) is 5.82 Å². The molecule has 1 aliphatic rings. The maximum absolute atomic E-state index is 12.9. The van der Waals surface area contributed by atoms with E-state index in [2.05, 4.69) is 20.1 Å². The molecule has 4 heterocycles. The molecule has 1 aliphatic heterocycles. The van der Waals surface area contributed by atoms with Gasteiger partial charge in [0.2, 0.25) is 10.0 Å². The van der Waals surface area contributed by atoms with Gasteiger partial charge in [-0.05, 0) is 13.8 Å². The van der Waals surface area contributed by atoms with E-state index in [-0.39, 0.29) is 4.90 Å². The Morgan fingerprint density at radius 1 is 1.07 bits per heavy atom. The summed E-state index contributed by atoms with van der Waals surface area (Å²) in [6.07, 6.45) is 6.65. The summed E-state index contributed by atoms with van der Waals surface area (Å²) in [6, 6.07) is 1.86. The second-order valence-electron chi connectivity index (χ2n) is 6.25. The molecule has 0 saturated carbocycles.